The van der Waals surface area contributed by atoms with Gasteiger partial charge in [-0.15, -0.1) is 0 Å². The Labute approximate surface area is 78.9 Å². The highest BCUT2D eigenvalue weighted by Crippen LogP contribution is 2.23. The lowest BCUT2D eigenvalue weighted by atomic mass is 10.1. The molecular weight excluding hydrogens is 194 g/mol. The summed E-state index contributed by atoms with van der Waals surface area (Å²) in [5.74, 6) is -2.48. The molecule has 1 rings (SSSR count). The van der Waals surface area contributed by atoms with E-state index < -0.39 is 18.0 Å². The Morgan fingerprint density at radius 2 is 2.21 bits per heavy atom. The average molecular weight is 202 g/mol. The first kappa shape index (κ1) is 10.4. The molecule has 1 atom stereocenters. The fourth-order valence-corrected chi connectivity index (χ4v) is 0.983. The molecule has 0 spiro atoms. The average Bonchev–Trinajstić information content (AvgIpc) is 2.16. The van der Waals surface area contributed by atoms with Crippen LogP contribution in [0.1, 0.15) is 11.7 Å². The summed E-state index contributed by atoms with van der Waals surface area (Å²) < 4.78 is 30.5. The number of carboxylic acid groups (broad SMARTS) is 1. The van der Waals surface area contributed by atoms with Crippen molar-refractivity contribution in [3.05, 3.63) is 29.6 Å². The Hall–Kier alpha value is -1.65. The van der Waals surface area contributed by atoms with Gasteiger partial charge in [-0.25, -0.2) is 13.6 Å². The predicted octanol–water partition coefficient (Wildman–Crippen LogP) is 1.93. The molecule has 0 heterocycles. The Morgan fingerprint density at radius 3 is 2.64 bits per heavy atom. The predicted molar refractivity (Wildman–Crippen MR) is 44.4 cm³/mol. The Balaban J connectivity index is 3.02. The van der Waals surface area contributed by atoms with Gasteiger partial charge in [0.1, 0.15) is 0 Å². The molecule has 1 aromatic rings. The van der Waals surface area contributed by atoms with Crippen LogP contribution in [0.4, 0.5) is 8.78 Å². The summed E-state index contributed by atoms with van der Waals surface area (Å²) in [5.41, 5.74) is -0.240. The zero-order valence-corrected chi connectivity index (χ0v) is 7.33. The van der Waals surface area contributed by atoms with E-state index in [2.05, 4.69) is 4.74 Å². The molecular formula is C9H8F2O3. The van der Waals surface area contributed by atoms with E-state index in [1.54, 1.807) is 0 Å². The number of rotatable bonds is 3. The topological polar surface area (TPSA) is 46.5 Å². The number of halogens is 2. The van der Waals surface area contributed by atoms with Gasteiger partial charge in [0.05, 0.1) is 7.11 Å². The van der Waals surface area contributed by atoms with Crippen LogP contribution in [0.3, 0.4) is 0 Å². The van der Waals surface area contributed by atoms with Crippen LogP contribution in [-0.4, -0.2) is 18.2 Å². The standard InChI is InChI=1S/C9H8F2O3/c1-14-7-3-2-5(4-6(7)10)8(11)9(12)13/h2-4,8H,1H3,(H,12,13). The monoisotopic (exact) mass is 202 g/mol. The van der Waals surface area contributed by atoms with Crippen LogP contribution in [0.5, 0.6) is 5.75 Å². The molecule has 0 radical (unpaired) electrons. The number of hydrogen-bond donors (Lipinski definition) is 1. The molecule has 1 aromatic carbocycles. The maximum absolute atomic E-state index is 13.0. The van der Waals surface area contributed by atoms with E-state index in [0.29, 0.717) is 0 Å². The first-order valence-electron chi connectivity index (χ1n) is 3.76. The molecule has 1 N–H and O–H groups in total. The zero-order chi connectivity index (χ0) is 10.7. The number of carbonyl (C=O) groups is 1. The maximum Gasteiger partial charge on any atom is 0.343 e. The van der Waals surface area contributed by atoms with E-state index in [1.807, 2.05) is 0 Å². The second-order valence-electron chi connectivity index (χ2n) is 2.59. The van der Waals surface area contributed by atoms with Crippen molar-refractivity contribution < 1.29 is 23.4 Å². The number of ether oxygens (including phenoxy) is 1. The first-order chi connectivity index (χ1) is 6.56. The molecule has 0 aliphatic carbocycles. The third-order valence-corrected chi connectivity index (χ3v) is 1.69. The molecule has 0 aliphatic rings. The molecule has 5 heteroatoms. The van der Waals surface area contributed by atoms with E-state index in [4.69, 9.17) is 5.11 Å². The lowest BCUT2D eigenvalue weighted by Gasteiger charge is -2.05. The normalized spacial score (nSPS) is 12.2. The Kier molecular flexibility index (Phi) is 3.01. The van der Waals surface area contributed by atoms with E-state index in [1.165, 1.54) is 19.2 Å². The lowest BCUT2D eigenvalue weighted by Crippen LogP contribution is -2.06. The van der Waals surface area contributed by atoms with Crippen LogP contribution in [0.15, 0.2) is 18.2 Å². The first-order valence-corrected chi connectivity index (χ1v) is 3.76. The third kappa shape index (κ3) is 1.99. The van der Waals surface area contributed by atoms with E-state index in [-0.39, 0.29) is 11.3 Å². The molecule has 0 amide bonds. The van der Waals surface area contributed by atoms with Crippen LogP contribution in [0.25, 0.3) is 0 Å². The number of aliphatic carboxylic acids is 1. The van der Waals surface area contributed by atoms with Crippen molar-refractivity contribution in [1.82, 2.24) is 0 Å². The van der Waals surface area contributed by atoms with Gasteiger partial charge in [-0.3, -0.25) is 0 Å². The fourth-order valence-electron chi connectivity index (χ4n) is 0.983. The molecule has 1 unspecified atom stereocenters. The molecule has 0 saturated heterocycles. The number of hydrogen-bond acceptors (Lipinski definition) is 2. The molecule has 0 fully saturated rings. The summed E-state index contributed by atoms with van der Waals surface area (Å²) in [5, 5.41) is 8.32. The second-order valence-corrected chi connectivity index (χ2v) is 2.59. The third-order valence-electron chi connectivity index (χ3n) is 1.69. The van der Waals surface area contributed by atoms with Gasteiger partial charge in [0.2, 0.25) is 6.17 Å². The molecule has 0 bridgehead atoms. The van der Waals surface area contributed by atoms with Gasteiger partial charge in [-0.05, 0) is 12.1 Å². The molecule has 0 saturated carbocycles. The van der Waals surface area contributed by atoms with Gasteiger partial charge in [-0.2, -0.15) is 0 Å². The smallest absolute Gasteiger partial charge is 0.343 e. The van der Waals surface area contributed by atoms with Crippen LogP contribution in [0.2, 0.25) is 0 Å². The Bertz CT molecular complexity index is 352. The van der Waals surface area contributed by atoms with E-state index >= 15 is 0 Å². The van der Waals surface area contributed by atoms with Crippen molar-refractivity contribution in [3.8, 4) is 5.75 Å². The molecule has 14 heavy (non-hydrogen) atoms. The van der Waals surface area contributed by atoms with Crippen molar-refractivity contribution in [3.63, 3.8) is 0 Å². The van der Waals surface area contributed by atoms with Gasteiger partial charge in [0.25, 0.3) is 0 Å². The van der Waals surface area contributed by atoms with Gasteiger partial charge in [0.15, 0.2) is 11.6 Å². The number of methoxy groups -OCH3 is 1. The highest BCUT2D eigenvalue weighted by molar-refractivity contribution is 5.74. The number of carboxylic acids is 1. The largest absolute Gasteiger partial charge is 0.494 e. The van der Waals surface area contributed by atoms with Gasteiger partial charge in [0, 0.05) is 5.56 Å². The molecule has 76 valence electrons. The SMILES string of the molecule is COc1ccc(C(F)C(=O)O)cc1F. The van der Waals surface area contributed by atoms with Crippen molar-refractivity contribution in [2.24, 2.45) is 0 Å². The number of alkyl halides is 1. The Morgan fingerprint density at radius 1 is 1.57 bits per heavy atom. The van der Waals surface area contributed by atoms with Crippen molar-refractivity contribution in [2.45, 2.75) is 6.17 Å². The summed E-state index contributed by atoms with van der Waals surface area (Å²) in [7, 11) is 1.27. The quantitative estimate of drug-likeness (QED) is 0.814. The fraction of sp³-hybridized carbons (Fsp3) is 0.222. The highest BCUT2D eigenvalue weighted by Gasteiger charge is 2.19. The molecule has 0 aliphatic heterocycles. The van der Waals surface area contributed by atoms with Crippen molar-refractivity contribution in [2.75, 3.05) is 7.11 Å². The van der Waals surface area contributed by atoms with Crippen LogP contribution in [-0.2, 0) is 4.79 Å². The second kappa shape index (κ2) is 4.04. The van der Waals surface area contributed by atoms with Crippen LogP contribution >= 0.6 is 0 Å². The lowest BCUT2D eigenvalue weighted by molar-refractivity contribution is -0.143. The van der Waals surface area contributed by atoms with Crippen molar-refractivity contribution in [1.29, 1.82) is 0 Å². The van der Waals surface area contributed by atoms with E-state index in [0.717, 1.165) is 6.07 Å². The summed E-state index contributed by atoms with van der Waals surface area (Å²) in [6, 6.07) is 3.15. The van der Waals surface area contributed by atoms with Gasteiger partial charge in [-0.1, -0.05) is 6.07 Å². The summed E-state index contributed by atoms with van der Waals surface area (Å²) in [6.45, 7) is 0. The van der Waals surface area contributed by atoms with E-state index in [9.17, 15) is 13.6 Å². The van der Waals surface area contributed by atoms with Crippen LogP contribution in [0, 0.1) is 5.82 Å². The summed E-state index contributed by atoms with van der Waals surface area (Å²) in [4.78, 5) is 10.2. The highest BCUT2D eigenvalue weighted by atomic mass is 19.1. The molecule has 3 nitrogen and oxygen atoms in total. The molecule has 0 aromatic heterocycles. The minimum Gasteiger partial charge on any atom is -0.494 e. The van der Waals surface area contributed by atoms with Gasteiger partial charge < -0.3 is 9.84 Å². The van der Waals surface area contributed by atoms with Crippen LogP contribution < -0.4 is 4.74 Å². The maximum atomic E-state index is 13.0. The number of benzene rings is 1. The summed E-state index contributed by atoms with van der Waals surface area (Å²) in [6.07, 6.45) is -2.21. The minimum absolute atomic E-state index is 0.0497. The van der Waals surface area contributed by atoms with Gasteiger partial charge >= 0.3 is 5.97 Å². The van der Waals surface area contributed by atoms with Crippen molar-refractivity contribution >= 4 is 5.97 Å². The zero-order valence-electron chi connectivity index (χ0n) is 7.33. The summed E-state index contributed by atoms with van der Waals surface area (Å²) >= 11 is 0. The minimum atomic E-state index is -2.21.